The SMILES string of the molecule is CC(C)(C)CC(=O)C1C(=O)N(NC(=O)OC(C)(C)C)c2ccccc2-c2ccccc21. The van der Waals surface area contributed by atoms with Crippen molar-refractivity contribution in [2.75, 3.05) is 5.01 Å². The van der Waals surface area contributed by atoms with Crippen molar-refractivity contribution in [1.29, 1.82) is 0 Å². The van der Waals surface area contributed by atoms with Gasteiger partial charge in [0.05, 0.1) is 5.69 Å². The van der Waals surface area contributed by atoms with Gasteiger partial charge >= 0.3 is 6.09 Å². The lowest BCUT2D eigenvalue weighted by Crippen LogP contribution is -2.50. The molecule has 0 spiro atoms. The van der Waals surface area contributed by atoms with Crippen LogP contribution in [-0.4, -0.2) is 23.4 Å². The molecule has 2 aromatic carbocycles. The van der Waals surface area contributed by atoms with Gasteiger partial charge in [-0.05, 0) is 43.4 Å². The third-order valence-corrected chi connectivity index (χ3v) is 4.80. The highest BCUT2D eigenvalue weighted by atomic mass is 16.6. The first-order valence-electron chi connectivity index (χ1n) is 10.4. The van der Waals surface area contributed by atoms with E-state index in [2.05, 4.69) is 5.43 Å². The zero-order chi connectivity index (χ0) is 23.0. The Hall–Kier alpha value is -3.15. The molecule has 2 aromatic rings. The Morgan fingerprint density at radius 2 is 1.52 bits per heavy atom. The molecule has 0 fully saturated rings. The minimum Gasteiger partial charge on any atom is -0.443 e. The van der Waals surface area contributed by atoms with Gasteiger partial charge in [0.1, 0.15) is 17.3 Å². The summed E-state index contributed by atoms with van der Waals surface area (Å²) in [6.45, 7) is 11.1. The molecule has 3 rings (SSSR count). The van der Waals surface area contributed by atoms with Crippen LogP contribution in [0.4, 0.5) is 10.5 Å². The lowest BCUT2D eigenvalue weighted by Gasteiger charge is -2.28. The van der Waals surface area contributed by atoms with E-state index in [9.17, 15) is 14.4 Å². The van der Waals surface area contributed by atoms with Gasteiger partial charge in [-0.2, -0.15) is 0 Å². The molecule has 0 aliphatic carbocycles. The minimum absolute atomic E-state index is 0.186. The van der Waals surface area contributed by atoms with E-state index < -0.39 is 23.5 Å². The van der Waals surface area contributed by atoms with E-state index in [1.54, 1.807) is 32.9 Å². The number of ketones is 1. The third-order valence-electron chi connectivity index (χ3n) is 4.80. The Morgan fingerprint density at radius 1 is 0.935 bits per heavy atom. The largest absolute Gasteiger partial charge is 0.443 e. The summed E-state index contributed by atoms with van der Waals surface area (Å²) in [6, 6.07) is 14.7. The molecule has 0 aromatic heterocycles. The fourth-order valence-electron chi connectivity index (χ4n) is 3.71. The van der Waals surface area contributed by atoms with Crippen molar-refractivity contribution in [3.8, 4) is 11.1 Å². The Bertz CT molecular complexity index is 1010. The van der Waals surface area contributed by atoms with Gasteiger partial charge in [-0.15, -0.1) is 0 Å². The highest BCUT2D eigenvalue weighted by molar-refractivity contribution is 6.17. The number of hydrazine groups is 1. The van der Waals surface area contributed by atoms with Crippen LogP contribution < -0.4 is 10.4 Å². The van der Waals surface area contributed by atoms with E-state index in [0.717, 1.165) is 16.1 Å². The smallest absolute Gasteiger partial charge is 0.427 e. The molecule has 1 N–H and O–H groups in total. The first kappa shape index (κ1) is 22.5. The number of Topliss-reactive ketones (excluding diaryl/α,β-unsaturated/α-hetero) is 1. The predicted molar refractivity (Wildman–Crippen MR) is 121 cm³/mol. The predicted octanol–water partition coefficient (Wildman–Crippen LogP) is 5.23. The van der Waals surface area contributed by atoms with Gasteiger partial charge in [-0.25, -0.2) is 15.2 Å². The molecule has 6 nitrogen and oxygen atoms in total. The molecule has 1 aliphatic rings. The molecule has 0 bridgehead atoms. The summed E-state index contributed by atoms with van der Waals surface area (Å²) in [5, 5.41) is 1.16. The first-order chi connectivity index (χ1) is 14.4. The van der Waals surface area contributed by atoms with E-state index >= 15 is 0 Å². The van der Waals surface area contributed by atoms with Gasteiger partial charge in [0.15, 0.2) is 0 Å². The monoisotopic (exact) mass is 422 g/mol. The maximum atomic E-state index is 13.7. The van der Waals surface area contributed by atoms with E-state index in [1.165, 1.54) is 0 Å². The average molecular weight is 423 g/mol. The normalized spacial score (nSPS) is 16.1. The molecule has 1 unspecified atom stereocenters. The van der Waals surface area contributed by atoms with Crippen LogP contribution in [0.15, 0.2) is 48.5 Å². The van der Waals surface area contributed by atoms with Gasteiger partial charge in [0.2, 0.25) is 0 Å². The zero-order valence-corrected chi connectivity index (χ0v) is 19.0. The number of fused-ring (bicyclic) bond motifs is 3. The number of benzene rings is 2. The molecule has 2 amide bonds. The van der Waals surface area contributed by atoms with Crippen LogP contribution in [0.1, 0.15) is 59.4 Å². The van der Waals surface area contributed by atoms with E-state index in [1.807, 2.05) is 57.2 Å². The topological polar surface area (TPSA) is 75.7 Å². The number of amides is 2. The van der Waals surface area contributed by atoms with Gasteiger partial charge in [0.25, 0.3) is 5.91 Å². The molecule has 6 heteroatoms. The molecule has 0 saturated carbocycles. The fourth-order valence-corrected chi connectivity index (χ4v) is 3.71. The summed E-state index contributed by atoms with van der Waals surface area (Å²) >= 11 is 0. The van der Waals surface area contributed by atoms with Gasteiger partial charge in [-0.1, -0.05) is 63.2 Å². The summed E-state index contributed by atoms with van der Waals surface area (Å²) in [7, 11) is 0. The maximum Gasteiger partial charge on any atom is 0.427 e. The molecule has 1 atom stereocenters. The van der Waals surface area contributed by atoms with Crippen LogP contribution in [0.25, 0.3) is 11.1 Å². The van der Waals surface area contributed by atoms with E-state index in [4.69, 9.17) is 4.74 Å². The molecular formula is C25H30N2O4. The van der Waals surface area contributed by atoms with E-state index in [-0.39, 0.29) is 17.6 Å². The van der Waals surface area contributed by atoms with Crippen LogP contribution in [0, 0.1) is 5.41 Å². The Labute approximate surface area is 183 Å². The van der Waals surface area contributed by atoms with Crippen LogP contribution in [0.2, 0.25) is 0 Å². The Balaban J connectivity index is 2.13. The third kappa shape index (κ3) is 5.13. The van der Waals surface area contributed by atoms with Crippen molar-refractivity contribution in [3.05, 3.63) is 54.1 Å². The Morgan fingerprint density at radius 3 is 2.13 bits per heavy atom. The number of nitrogens with zero attached hydrogens (tertiary/aromatic N) is 1. The summed E-state index contributed by atoms with van der Waals surface area (Å²) < 4.78 is 5.37. The molecule has 1 heterocycles. The number of anilines is 1. The summed E-state index contributed by atoms with van der Waals surface area (Å²) in [6.07, 6.45) is -0.530. The van der Waals surface area contributed by atoms with Gasteiger partial charge < -0.3 is 4.74 Å². The lowest BCUT2D eigenvalue weighted by molar-refractivity contribution is -0.130. The van der Waals surface area contributed by atoms with Crippen molar-refractivity contribution in [3.63, 3.8) is 0 Å². The standard InChI is InChI=1S/C25H30N2O4/c1-24(2,3)15-20(28)21-18-13-8-7-11-16(18)17-12-9-10-14-19(17)27(22(21)29)26-23(30)31-25(4,5)6/h7-14,21H,15H2,1-6H3,(H,26,30). The number of nitrogens with one attached hydrogen (secondary N) is 1. The summed E-state index contributed by atoms with van der Waals surface area (Å²) in [5.74, 6) is -1.72. The molecule has 0 saturated heterocycles. The summed E-state index contributed by atoms with van der Waals surface area (Å²) in [4.78, 5) is 39.7. The average Bonchev–Trinajstić information content (AvgIpc) is 2.73. The van der Waals surface area contributed by atoms with E-state index in [0.29, 0.717) is 11.3 Å². The van der Waals surface area contributed by atoms with Crippen molar-refractivity contribution < 1.29 is 19.1 Å². The number of hydrogen-bond acceptors (Lipinski definition) is 4. The second-order valence-corrected chi connectivity index (χ2v) is 10.0. The van der Waals surface area contributed by atoms with Gasteiger partial charge in [0, 0.05) is 12.0 Å². The molecule has 31 heavy (non-hydrogen) atoms. The number of carbonyl (C=O) groups is 3. The number of carbonyl (C=O) groups excluding carboxylic acids is 3. The highest BCUT2D eigenvalue weighted by Crippen LogP contribution is 2.41. The number of para-hydroxylation sites is 1. The lowest BCUT2D eigenvalue weighted by atomic mass is 9.81. The summed E-state index contributed by atoms with van der Waals surface area (Å²) in [5.41, 5.74) is 4.25. The second-order valence-electron chi connectivity index (χ2n) is 10.0. The fraction of sp³-hybridized carbons (Fsp3) is 0.400. The molecule has 0 radical (unpaired) electrons. The quantitative estimate of drug-likeness (QED) is 0.687. The van der Waals surface area contributed by atoms with Gasteiger partial charge in [-0.3, -0.25) is 9.59 Å². The van der Waals surface area contributed by atoms with Crippen molar-refractivity contribution >= 4 is 23.5 Å². The second kappa shape index (κ2) is 8.17. The number of ether oxygens (including phenoxy) is 1. The van der Waals surface area contributed by atoms with Crippen molar-refractivity contribution in [1.82, 2.24) is 5.43 Å². The molecule has 164 valence electrons. The minimum atomic E-state index is -1.03. The van der Waals surface area contributed by atoms with Crippen LogP contribution in [0.5, 0.6) is 0 Å². The number of rotatable bonds is 3. The Kier molecular flexibility index (Phi) is 5.94. The molecule has 1 aliphatic heterocycles. The van der Waals surface area contributed by atoms with Crippen LogP contribution >= 0.6 is 0 Å². The zero-order valence-electron chi connectivity index (χ0n) is 19.0. The number of hydrogen-bond donors (Lipinski definition) is 1. The van der Waals surface area contributed by atoms with Crippen LogP contribution in [0.3, 0.4) is 0 Å². The maximum absolute atomic E-state index is 13.7. The van der Waals surface area contributed by atoms with Crippen molar-refractivity contribution in [2.24, 2.45) is 5.41 Å². The first-order valence-corrected chi connectivity index (χ1v) is 10.4. The van der Waals surface area contributed by atoms with Crippen LogP contribution in [-0.2, 0) is 14.3 Å². The molecular weight excluding hydrogens is 392 g/mol. The highest BCUT2D eigenvalue weighted by Gasteiger charge is 2.40. The van der Waals surface area contributed by atoms with Crippen molar-refractivity contribution in [2.45, 2.75) is 59.5 Å².